The number of nitrogens with zero attached hydrogens (tertiary/aromatic N) is 2. The van der Waals surface area contributed by atoms with E-state index in [0.29, 0.717) is 24.3 Å². The van der Waals surface area contributed by atoms with Crippen molar-refractivity contribution in [3.8, 4) is 5.75 Å². The SMILES string of the molecule is CCNC(=O)C(CC)N(Cc1ccc(F)cc1)C(=O)CN(c1ccc(OC)cc1)S(=O)(=O)c1ccccc1. The molecule has 3 rings (SSSR count). The third-order valence-corrected chi connectivity index (χ3v) is 7.76. The fourth-order valence-corrected chi connectivity index (χ4v) is 5.43. The number of nitrogens with one attached hydrogen (secondary N) is 1. The Morgan fingerprint density at radius 3 is 2.13 bits per heavy atom. The van der Waals surface area contributed by atoms with Crippen molar-refractivity contribution in [3.63, 3.8) is 0 Å². The molecule has 0 fully saturated rings. The number of ether oxygens (including phenoxy) is 1. The zero-order valence-electron chi connectivity index (χ0n) is 21.6. The molecule has 10 heteroatoms. The summed E-state index contributed by atoms with van der Waals surface area (Å²) in [5.41, 5.74) is 0.861. The van der Waals surface area contributed by atoms with Crippen LogP contribution in [0.15, 0.2) is 83.8 Å². The number of hydrogen-bond acceptors (Lipinski definition) is 5. The molecule has 0 saturated heterocycles. The number of likely N-dealkylation sites (N-methyl/N-ethyl adjacent to an activating group) is 1. The Kier molecular flexibility index (Phi) is 9.84. The standard InChI is InChI=1S/C28H32FN3O5S/c1-4-26(28(34)30-5-2)31(19-21-11-13-22(29)14-12-21)27(33)20-32(23-15-17-24(37-3)18-16-23)38(35,36)25-9-7-6-8-10-25/h6-18,26H,4-5,19-20H2,1-3H3,(H,30,34). The Labute approximate surface area is 223 Å². The van der Waals surface area contributed by atoms with Crippen molar-refractivity contribution in [2.24, 2.45) is 0 Å². The third kappa shape index (κ3) is 6.89. The zero-order chi connectivity index (χ0) is 27.7. The number of methoxy groups -OCH3 is 1. The van der Waals surface area contributed by atoms with E-state index in [1.165, 1.54) is 48.4 Å². The largest absolute Gasteiger partial charge is 0.497 e. The van der Waals surface area contributed by atoms with E-state index in [9.17, 15) is 22.4 Å². The Hall–Kier alpha value is -3.92. The second-order valence-electron chi connectivity index (χ2n) is 8.49. The van der Waals surface area contributed by atoms with Gasteiger partial charge in [0.2, 0.25) is 11.8 Å². The number of sulfonamides is 1. The Balaban J connectivity index is 2.04. The van der Waals surface area contributed by atoms with Gasteiger partial charge in [0.05, 0.1) is 17.7 Å². The molecule has 0 bridgehead atoms. The highest BCUT2D eigenvalue weighted by Gasteiger charge is 2.33. The van der Waals surface area contributed by atoms with Crippen molar-refractivity contribution >= 4 is 27.5 Å². The van der Waals surface area contributed by atoms with Crippen LogP contribution in [-0.4, -0.2) is 51.4 Å². The van der Waals surface area contributed by atoms with Gasteiger partial charge in [0.1, 0.15) is 24.2 Å². The Morgan fingerprint density at radius 1 is 0.947 bits per heavy atom. The first-order valence-corrected chi connectivity index (χ1v) is 13.7. The van der Waals surface area contributed by atoms with Gasteiger partial charge in [-0.3, -0.25) is 13.9 Å². The van der Waals surface area contributed by atoms with Gasteiger partial charge in [-0.15, -0.1) is 0 Å². The summed E-state index contributed by atoms with van der Waals surface area (Å²) in [6, 6.07) is 18.9. The van der Waals surface area contributed by atoms with Crippen LogP contribution in [0.2, 0.25) is 0 Å². The van der Waals surface area contributed by atoms with Crippen LogP contribution < -0.4 is 14.4 Å². The molecular formula is C28H32FN3O5S. The van der Waals surface area contributed by atoms with Gasteiger partial charge in [0, 0.05) is 13.1 Å². The summed E-state index contributed by atoms with van der Waals surface area (Å²) in [6.07, 6.45) is 0.298. The quantitative estimate of drug-likeness (QED) is 0.374. The maximum atomic E-state index is 13.8. The first kappa shape index (κ1) is 28.6. The maximum absolute atomic E-state index is 13.8. The lowest BCUT2D eigenvalue weighted by atomic mass is 10.1. The van der Waals surface area contributed by atoms with Crippen LogP contribution in [-0.2, 0) is 26.2 Å². The molecule has 0 aliphatic rings. The molecule has 0 spiro atoms. The first-order valence-electron chi connectivity index (χ1n) is 12.2. The van der Waals surface area contributed by atoms with Crippen LogP contribution in [0.1, 0.15) is 25.8 Å². The van der Waals surface area contributed by atoms with Gasteiger partial charge < -0.3 is 15.0 Å². The fraction of sp³-hybridized carbons (Fsp3) is 0.286. The van der Waals surface area contributed by atoms with Crippen LogP contribution in [0.5, 0.6) is 5.75 Å². The average Bonchev–Trinajstić information content (AvgIpc) is 2.93. The summed E-state index contributed by atoms with van der Waals surface area (Å²) in [7, 11) is -2.65. The molecule has 38 heavy (non-hydrogen) atoms. The second-order valence-corrected chi connectivity index (χ2v) is 10.4. The molecule has 1 unspecified atom stereocenters. The summed E-state index contributed by atoms with van der Waals surface area (Å²) in [5, 5.41) is 2.74. The number of carbonyl (C=O) groups excluding carboxylic acids is 2. The van der Waals surface area contributed by atoms with E-state index in [-0.39, 0.29) is 23.0 Å². The van der Waals surface area contributed by atoms with E-state index < -0.39 is 34.3 Å². The molecule has 0 saturated carbocycles. The molecule has 0 radical (unpaired) electrons. The fourth-order valence-electron chi connectivity index (χ4n) is 3.99. The highest BCUT2D eigenvalue weighted by molar-refractivity contribution is 7.92. The monoisotopic (exact) mass is 541 g/mol. The first-order chi connectivity index (χ1) is 18.2. The van der Waals surface area contributed by atoms with E-state index in [1.807, 2.05) is 0 Å². The van der Waals surface area contributed by atoms with Gasteiger partial charge in [-0.25, -0.2) is 12.8 Å². The molecule has 2 amide bonds. The van der Waals surface area contributed by atoms with Gasteiger partial charge in [-0.05, 0) is 67.4 Å². The number of halogens is 1. The number of benzene rings is 3. The van der Waals surface area contributed by atoms with Crippen LogP contribution >= 0.6 is 0 Å². The molecule has 3 aromatic rings. The van der Waals surface area contributed by atoms with E-state index in [0.717, 1.165) is 4.31 Å². The van der Waals surface area contributed by atoms with Gasteiger partial charge in [0.25, 0.3) is 10.0 Å². The summed E-state index contributed by atoms with van der Waals surface area (Å²) in [6.45, 7) is 3.35. The zero-order valence-corrected chi connectivity index (χ0v) is 22.4. The highest BCUT2D eigenvalue weighted by Crippen LogP contribution is 2.26. The molecule has 3 aromatic carbocycles. The topological polar surface area (TPSA) is 96.0 Å². The van der Waals surface area contributed by atoms with E-state index >= 15 is 0 Å². The van der Waals surface area contributed by atoms with Crippen LogP contribution in [0, 0.1) is 5.82 Å². The smallest absolute Gasteiger partial charge is 0.264 e. The summed E-state index contributed by atoms with van der Waals surface area (Å²) >= 11 is 0. The minimum absolute atomic E-state index is 0.00338. The number of hydrogen-bond donors (Lipinski definition) is 1. The predicted octanol–water partition coefficient (Wildman–Crippen LogP) is 3.97. The molecule has 0 aliphatic carbocycles. The van der Waals surface area contributed by atoms with Crippen molar-refractivity contribution < 1.29 is 27.1 Å². The van der Waals surface area contributed by atoms with Crippen molar-refractivity contribution in [1.82, 2.24) is 10.2 Å². The maximum Gasteiger partial charge on any atom is 0.264 e. The lowest BCUT2D eigenvalue weighted by molar-refractivity contribution is -0.140. The third-order valence-electron chi connectivity index (χ3n) is 5.97. The molecule has 0 aliphatic heterocycles. The average molecular weight is 542 g/mol. The van der Waals surface area contributed by atoms with E-state index in [1.54, 1.807) is 56.3 Å². The molecule has 0 aromatic heterocycles. The summed E-state index contributed by atoms with van der Waals surface area (Å²) in [4.78, 5) is 28.1. The summed E-state index contributed by atoms with van der Waals surface area (Å²) < 4.78 is 47.2. The normalized spacial score (nSPS) is 11.9. The number of carbonyl (C=O) groups is 2. The summed E-state index contributed by atoms with van der Waals surface area (Å²) in [5.74, 6) is -0.838. The lowest BCUT2D eigenvalue weighted by Crippen LogP contribution is -2.52. The van der Waals surface area contributed by atoms with Gasteiger partial charge in [-0.1, -0.05) is 37.3 Å². The second kappa shape index (κ2) is 13.0. The predicted molar refractivity (Wildman–Crippen MR) is 144 cm³/mol. The van der Waals surface area contributed by atoms with Crippen molar-refractivity contribution in [2.75, 3.05) is 24.5 Å². The van der Waals surface area contributed by atoms with Crippen molar-refractivity contribution in [2.45, 2.75) is 37.8 Å². The minimum Gasteiger partial charge on any atom is -0.497 e. The Bertz CT molecular complexity index is 1320. The van der Waals surface area contributed by atoms with E-state index in [2.05, 4.69) is 5.32 Å². The number of rotatable bonds is 12. The lowest BCUT2D eigenvalue weighted by Gasteiger charge is -2.33. The number of anilines is 1. The van der Waals surface area contributed by atoms with Gasteiger partial charge in [0.15, 0.2) is 0 Å². The molecule has 1 N–H and O–H groups in total. The van der Waals surface area contributed by atoms with Crippen LogP contribution in [0.3, 0.4) is 0 Å². The van der Waals surface area contributed by atoms with Gasteiger partial charge in [-0.2, -0.15) is 0 Å². The highest BCUT2D eigenvalue weighted by atomic mass is 32.2. The van der Waals surface area contributed by atoms with Crippen molar-refractivity contribution in [3.05, 3.63) is 90.2 Å². The van der Waals surface area contributed by atoms with E-state index in [4.69, 9.17) is 4.74 Å². The van der Waals surface area contributed by atoms with Gasteiger partial charge >= 0.3 is 0 Å². The minimum atomic E-state index is -4.15. The molecule has 0 heterocycles. The number of amides is 2. The van der Waals surface area contributed by atoms with Crippen LogP contribution in [0.4, 0.5) is 10.1 Å². The Morgan fingerprint density at radius 2 is 1.58 bits per heavy atom. The van der Waals surface area contributed by atoms with Crippen molar-refractivity contribution in [1.29, 1.82) is 0 Å². The molecule has 8 nitrogen and oxygen atoms in total. The molecule has 202 valence electrons. The van der Waals surface area contributed by atoms with Crippen LogP contribution in [0.25, 0.3) is 0 Å². The molecular weight excluding hydrogens is 509 g/mol. The molecule has 1 atom stereocenters.